The van der Waals surface area contributed by atoms with Crippen LogP contribution >= 0.6 is 11.8 Å². The fourth-order valence-electron chi connectivity index (χ4n) is 2.99. The third kappa shape index (κ3) is 3.82. The lowest BCUT2D eigenvalue weighted by Crippen LogP contribution is -2.45. The van der Waals surface area contributed by atoms with Crippen molar-refractivity contribution in [3.05, 3.63) is 42.4 Å². The largest absolute Gasteiger partial charge is 0.469 e. The summed E-state index contributed by atoms with van der Waals surface area (Å²) in [7, 11) is 1.44. The van der Waals surface area contributed by atoms with Gasteiger partial charge in [-0.25, -0.2) is 4.98 Å². The third-order valence-corrected chi connectivity index (χ3v) is 5.43. The molecular formula is C18H22N2O3S. The Morgan fingerprint density at radius 3 is 3.00 bits per heavy atom. The molecule has 3 rings (SSSR count). The number of hydrogen-bond acceptors (Lipinski definition) is 6. The molecule has 1 saturated heterocycles. The Kier molecular flexibility index (Phi) is 5.58. The van der Waals surface area contributed by atoms with Gasteiger partial charge in [-0.2, -0.15) is 11.8 Å². The average molecular weight is 346 g/mol. The molecule has 0 amide bonds. The lowest BCUT2D eigenvalue weighted by molar-refractivity contribution is -0.142. The van der Waals surface area contributed by atoms with Gasteiger partial charge in [-0.15, -0.1) is 0 Å². The molecule has 0 unspecified atom stereocenters. The molecule has 128 valence electrons. The molecular weight excluding hydrogens is 324 g/mol. The maximum atomic E-state index is 11.7. The molecule has 0 radical (unpaired) electrons. The molecule has 0 spiro atoms. The number of thioether (sulfide) groups is 1. The van der Waals surface area contributed by atoms with Crippen LogP contribution in [-0.2, 0) is 9.53 Å². The van der Waals surface area contributed by atoms with E-state index in [0.717, 1.165) is 29.4 Å². The molecule has 2 atom stereocenters. The van der Waals surface area contributed by atoms with E-state index in [-0.39, 0.29) is 18.1 Å². The molecule has 5 nitrogen and oxygen atoms in total. The van der Waals surface area contributed by atoms with Crippen LogP contribution in [0.3, 0.4) is 0 Å². The van der Waals surface area contributed by atoms with Crippen molar-refractivity contribution in [2.75, 3.05) is 25.2 Å². The molecule has 6 heteroatoms. The molecule has 1 aliphatic rings. The van der Waals surface area contributed by atoms with Gasteiger partial charge in [0.1, 0.15) is 0 Å². The molecule has 2 aromatic rings. The standard InChI is InChI=1S/C18H22N2O3S/c1-13(20-8-9-24-12-15(20)10-17(21)22-2)18-19-11-16(23-18)14-6-4-3-5-7-14/h3-7,11,13,15H,8-10,12H2,1-2H3/t13-,15-/m1/s1. The number of oxazole rings is 1. The second-order valence-electron chi connectivity index (χ2n) is 5.85. The van der Waals surface area contributed by atoms with E-state index in [1.165, 1.54) is 7.11 Å². The second-order valence-corrected chi connectivity index (χ2v) is 7.00. The number of methoxy groups -OCH3 is 1. The molecule has 0 N–H and O–H groups in total. The maximum Gasteiger partial charge on any atom is 0.307 e. The first-order valence-electron chi connectivity index (χ1n) is 8.10. The van der Waals surface area contributed by atoms with Gasteiger partial charge in [0.05, 0.1) is 25.8 Å². The zero-order chi connectivity index (χ0) is 16.9. The van der Waals surface area contributed by atoms with E-state index in [1.54, 1.807) is 6.20 Å². The topological polar surface area (TPSA) is 55.6 Å². The molecule has 0 bridgehead atoms. The van der Waals surface area contributed by atoms with Crippen molar-refractivity contribution in [3.8, 4) is 11.3 Å². The fraction of sp³-hybridized carbons (Fsp3) is 0.444. The number of rotatable bonds is 5. The summed E-state index contributed by atoms with van der Waals surface area (Å²) in [6.45, 7) is 3.00. The van der Waals surface area contributed by atoms with Gasteiger partial charge in [0.2, 0.25) is 5.89 Å². The van der Waals surface area contributed by atoms with E-state index in [9.17, 15) is 4.79 Å². The lowest BCUT2D eigenvalue weighted by Gasteiger charge is -2.37. The summed E-state index contributed by atoms with van der Waals surface area (Å²) in [5.74, 6) is 3.26. The van der Waals surface area contributed by atoms with Crippen molar-refractivity contribution in [1.82, 2.24) is 9.88 Å². The van der Waals surface area contributed by atoms with Crippen LogP contribution in [0.25, 0.3) is 11.3 Å². The Balaban J connectivity index is 1.76. The number of esters is 1. The molecule has 2 heterocycles. The zero-order valence-electron chi connectivity index (χ0n) is 14.0. The first kappa shape index (κ1) is 17.0. The van der Waals surface area contributed by atoms with Crippen LogP contribution in [0, 0.1) is 0 Å². The Morgan fingerprint density at radius 2 is 2.25 bits per heavy atom. The fourth-order valence-corrected chi connectivity index (χ4v) is 4.08. The number of carbonyl (C=O) groups excluding carboxylic acids is 1. The Hall–Kier alpha value is -1.79. The summed E-state index contributed by atoms with van der Waals surface area (Å²) in [6, 6.07) is 10.1. The van der Waals surface area contributed by atoms with Gasteiger partial charge < -0.3 is 9.15 Å². The van der Waals surface area contributed by atoms with Gasteiger partial charge in [-0.1, -0.05) is 30.3 Å². The average Bonchev–Trinajstić information content (AvgIpc) is 3.12. The molecule has 1 aromatic carbocycles. The van der Waals surface area contributed by atoms with E-state index in [2.05, 4.69) is 16.8 Å². The summed E-state index contributed by atoms with van der Waals surface area (Å²) in [6.07, 6.45) is 2.18. The smallest absolute Gasteiger partial charge is 0.307 e. The first-order valence-corrected chi connectivity index (χ1v) is 9.26. The highest BCUT2D eigenvalue weighted by atomic mass is 32.2. The minimum absolute atomic E-state index is 0.0259. The van der Waals surface area contributed by atoms with Crippen molar-refractivity contribution in [3.63, 3.8) is 0 Å². The maximum absolute atomic E-state index is 11.7. The highest BCUT2D eigenvalue weighted by molar-refractivity contribution is 7.99. The van der Waals surface area contributed by atoms with E-state index in [0.29, 0.717) is 12.3 Å². The van der Waals surface area contributed by atoms with Crippen LogP contribution in [0.15, 0.2) is 40.9 Å². The molecule has 0 saturated carbocycles. The van der Waals surface area contributed by atoms with Crippen molar-refractivity contribution in [2.45, 2.75) is 25.4 Å². The number of benzene rings is 1. The van der Waals surface area contributed by atoms with Crippen LogP contribution in [-0.4, -0.2) is 47.1 Å². The van der Waals surface area contributed by atoms with Gasteiger partial charge in [0, 0.05) is 29.7 Å². The van der Waals surface area contributed by atoms with Gasteiger partial charge in [-0.3, -0.25) is 9.69 Å². The summed E-state index contributed by atoms with van der Waals surface area (Å²) < 4.78 is 10.8. The predicted octanol–water partition coefficient (Wildman–Crippen LogP) is 3.38. The van der Waals surface area contributed by atoms with Crippen molar-refractivity contribution >= 4 is 17.7 Å². The molecule has 0 aliphatic carbocycles. The van der Waals surface area contributed by atoms with E-state index in [4.69, 9.17) is 9.15 Å². The van der Waals surface area contributed by atoms with Crippen LogP contribution < -0.4 is 0 Å². The van der Waals surface area contributed by atoms with Gasteiger partial charge >= 0.3 is 5.97 Å². The third-order valence-electron chi connectivity index (χ3n) is 4.34. The summed E-state index contributed by atoms with van der Waals surface area (Å²) in [4.78, 5) is 18.4. The normalized spacial score (nSPS) is 19.8. The SMILES string of the molecule is COC(=O)C[C@@H]1CSCCN1[C@H](C)c1ncc(-c2ccccc2)o1. The summed E-state index contributed by atoms with van der Waals surface area (Å²) in [5.41, 5.74) is 1.02. The number of nitrogens with zero attached hydrogens (tertiary/aromatic N) is 2. The summed E-state index contributed by atoms with van der Waals surface area (Å²) >= 11 is 1.87. The van der Waals surface area contributed by atoms with Gasteiger partial charge in [0.15, 0.2) is 5.76 Å². The van der Waals surface area contributed by atoms with Crippen molar-refractivity contribution in [2.24, 2.45) is 0 Å². The lowest BCUT2D eigenvalue weighted by atomic mass is 10.1. The van der Waals surface area contributed by atoms with Crippen LogP contribution in [0.2, 0.25) is 0 Å². The quantitative estimate of drug-likeness (QED) is 0.774. The highest BCUT2D eigenvalue weighted by Crippen LogP contribution is 2.31. The Labute approximate surface area is 146 Å². The number of ether oxygens (including phenoxy) is 1. The van der Waals surface area contributed by atoms with Gasteiger partial charge in [0.25, 0.3) is 0 Å². The highest BCUT2D eigenvalue weighted by Gasteiger charge is 2.31. The first-order chi connectivity index (χ1) is 11.7. The van der Waals surface area contributed by atoms with Crippen LogP contribution in [0.4, 0.5) is 0 Å². The van der Waals surface area contributed by atoms with E-state index in [1.807, 2.05) is 42.1 Å². The minimum Gasteiger partial charge on any atom is -0.469 e. The Bertz CT molecular complexity index is 674. The van der Waals surface area contributed by atoms with Crippen LogP contribution in [0.1, 0.15) is 25.3 Å². The number of aromatic nitrogens is 1. The summed E-state index contributed by atoms with van der Waals surface area (Å²) in [5, 5.41) is 0. The second kappa shape index (κ2) is 7.85. The molecule has 24 heavy (non-hydrogen) atoms. The van der Waals surface area contributed by atoms with E-state index < -0.39 is 0 Å². The van der Waals surface area contributed by atoms with Gasteiger partial charge in [-0.05, 0) is 6.92 Å². The molecule has 1 fully saturated rings. The zero-order valence-corrected chi connectivity index (χ0v) is 14.8. The minimum atomic E-state index is -0.169. The Morgan fingerprint density at radius 1 is 1.46 bits per heavy atom. The monoisotopic (exact) mass is 346 g/mol. The number of hydrogen-bond donors (Lipinski definition) is 0. The molecule has 1 aliphatic heterocycles. The van der Waals surface area contributed by atoms with Crippen molar-refractivity contribution in [1.29, 1.82) is 0 Å². The van der Waals surface area contributed by atoms with Crippen LogP contribution in [0.5, 0.6) is 0 Å². The number of carbonyl (C=O) groups is 1. The molecule has 1 aromatic heterocycles. The van der Waals surface area contributed by atoms with Crippen molar-refractivity contribution < 1.29 is 13.9 Å². The van der Waals surface area contributed by atoms with E-state index >= 15 is 0 Å². The predicted molar refractivity (Wildman–Crippen MR) is 94.8 cm³/mol.